The normalized spacial score (nSPS) is 24.1. The molecule has 0 radical (unpaired) electrons. The van der Waals surface area contributed by atoms with Gasteiger partial charge in [-0.05, 0) is 49.1 Å². The first-order valence-electron chi connectivity index (χ1n) is 9.13. The molecule has 2 amide bonds. The molecule has 1 aromatic rings. The highest BCUT2D eigenvalue weighted by Crippen LogP contribution is 2.48. The Kier molecular flexibility index (Phi) is 4.93. The van der Waals surface area contributed by atoms with Gasteiger partial charge in [0, 0.05) is 19.0 Å². The number of amides is 2. The van der Waals surface area contributed by atoms with Crippen molar-refractivity contribution < 1.29 is 9.59 Å². The fourth-order valence-corrected chi connectivity index (χ4v) is 3.74. The number of hydrogen-bond acceptors (Lipinski definition) is 2. The number of aryl methyl sites for hydroxylation is 1. The summed E-state index contributed by atoms with van der Waals surface area (Å²) in [5, 5.41) is 3.04. The first-order chi connectivity index (χ1) is 11.5. The van der Waals surface area contributed by atoms with E-state index in [1.165, 1.54) is 11.1 Å². The topological polar surface area (TPSA) is 49.4 Å². The standard InChI is InChI=1S/C20H28N2O2/c1-13(2)18(20(24)22-10-6-7-11-22)21-19(23)17-12-16(17)15-9-5-4-8-14(15)3/h4-5,8-9,13,16-18H,6-7,10-12H2,1-3H3,(H,21,23)/t16-,17-,18+/m1/s1. The van der Waals surface area contributed by atoms with Gasteiger partial charge in [-0.25, -0.2) is 0 Å². The second kappa shape index (κ2) is 6.96. The van der Waals surface area contributed by atoms with Crippen LogP contribution in [0.15, 0.2) is 24.3 Å². The number of benzene rings is 1. The Hall–Kier alpha value is -1.84. The molecule has 1 heterocycles. The molecule has 1 aromatic carbocycles. The highest BCUT2D eigenvalue weighted by molar-refractivity contribution is 5.90. The lowest BCUT2D eigenvalue weighted by Gasteiger charge is -2.26. The predicted octanol–water partition coefficient (Wildman–Crippen LogP) is 2.86. The van der Waals surface area contributed by atoms with Crippen LogP contribution in [0.25, 0.3) is 0 Å². The summed E-state index contributed by atoms with van der Waals surface area (Å²) in [6, 6.07) is 7.87. The summed E-state index contributed by atoms with van der Waals surface area (Å²) in [6.45, 7) is 7.76. The summed E-state index contributed by atoms with van der Waals surface area (Å²) in [7, 11) is 0. The number of hydrogen-bond donors (Lipinski definition) is 1. The van der Waals surface area contributed by atoms with Crippen LogP contribution in [-0.2, 0) is 9.59 Å². The van der Waals surface area contributed by atoms with Gasteiger partial charge >= 0.3 is 0 Å². The lowest BCUT2D eigenvalue weighted by molar-refractivity contribution is -0.137. The zero-order valence-electron chi connectivity index (χ0n) is 14.9. The largest absolute Gasteiger partial charge is 0.344 e. The monoisotopic (exact) mass is 328 g/mol. The van der Waals surface area contributed by atoms with E-state index in [1.807, 2.05) is 30.9 Å². The van der Waals surface area contributed by atoms with Crippen LogP contribution in [0.5, 0.6) is 0 Å². The second-order valence-corrected chi connectivity index (χ2v) is 7.57. The highest BCUT2D eigenvalue weighted by atomic mass is 16.2. The van der Waals surface area contributed by atoms with Gasteiger partial charge in [-0.3, -0.25) is 9.59 Å². The Balaban J connectivity index is 1.63. The third kappa shape index (κ3) is 3.47. The van der Waals surface area contributed by atoms with Crippen LogP contribution in [-0.4, -0.2) is 35.8 Å². The summed E-state index contributed by atoms with van der Waals surface area (Å²) < 4.78 is 0. The number of carbonyl (C=O) groups is 2. The summed E-state index contributed by atoms with van der Waals surface area (Å²) in [4.78, 5) is 27.2. The lowest BCUT2D eigenvalue weighted by Crippen LogP contribution is -2.51. The summed E-state index contributed by atoms with van der Waals surface area (Å²) in [6.07, 6.45) is 3.03. The molecule has 1 saturated heterocycles. The SMILES string of the molecule is Cc1ccccc1[C@H]1C[C@H]1C(=O)N[C@H](C(=O)N1CCCC1)C(C)C. The minimum Gasteiger partial charge on any atom is -0.344 e. The fourth-order valence-electron chi connectivity index (χ4n) is 3.74. The zero-order chi connectivity index (χ0) is 17.3. The van der Waals surface area contributed by atoms with Crippen molar-refractivity contribution >= 4 is 11.8 Å². The van der Waals surface area contributed by atoms with Crippen molar-refractivity contribution in [2.75, 3.05) is 13.1 Å². The van der Waals surface area contributed by atoms with E-state index >= 15 is 0 Å². The van der Waals surface area contributed by atoms with Crippen LogP contribution >= 0.6 is 0 Å². The van der Waals surface area contributed by atoms with Gasteiger partial charge in [0.05, 0.1) is 0 Å². The molecule has 1 aliphatic carbocycles. The van der Waals surface area contributed by atoms with Crippen molar-refractivity contribution in [1.29, 1.82) is 0 Å². The number of likely N-dealkylation sites (tertiary alicyclic amines) is 1. The van der Waals surface area contributed by atoms with Gasteiger partial charge in [0.25, 0.3) is 0 Å². The second-order valence-electron chi connectivity index (χ2n) is 7.57. The molecule has 0 unspecified atom stereocenters. The van der Waals surface area contributed by atoms with E-state index in [1.54, 1.807) is 0 Å². The van der Waals surface area contributed by atoms with Gasteiger partial charge in [0.15, 0.2) is 0 Å². The van der Waals surface area contributed by atoms with E-state index in [0.717, 1.165) is 32.4 Å². The van der Waals surface area contributed by atoms with E-state index in [-0.39, 0.29) is 23.7 Å². The maximum Gasteiger partial charge on any atom is 0.245 e. The molecule has 1 saturated carbocycles. The Morgan fingerprint density at radius 1 is 1.17 bits per heavy atom. The fraction of sp³-hybridized carbons (Fsp3) is 0.600. The quantitative estimate of drug-likeness (QED) is 0.903. The maximum atomic E-state index is 12.7. The minimum atomic E-state index is -0.395. The molecule has 24 heavy (non-hydrogen) atoms. The average Bonchev–Trinajstić information content (AvgIpc) is 3.15. The smallest absolute Gasteiger partial charge is 0.245 e. The third-order valence-electron chi connectivity index (χ3n) is 5.36. The maximum absolute atomic E-state index is 12.7. The highest BCUT2D eigenvalue weighted by Gasteiger charge is 2.45. The molecule has 1 aliphatic heterocycles. The molecule has 2 fully saturated rings. The number of carbonyl (C=O) groups excluding carboxylic acids is 2. The van der Waals surface area contributed by atoms with E-state index in [4.69, 9.17) is 0 Å². The van der Waals surface area contributed by atoms with E-state index < -0.39 is 6.04 Å². The van der Waals surface area contributed by atoms with Gasteiger partial charge in [-0.1, -0.05) is 38.1 Å². The van der Waals surface area contributed by atoms with Crippen molar-refractivity contribution in [1.82, 2.24) is 10.2 Å². The average molecular weight is 328 g/mol. The van der Waals surface area contributed by atoms with Crippen LogP contribution in [0, 0.1) is 18.8 Å². The molecular weight excluding hydrogens is 300 g/mol. The first kappa shape index (κ1) is 17.0. The van der Waals surface area contributed by atoms with Gasteiger partial charge in [0.2, 0.25) is 11.8 Å². The summed E-state index contributed by atoms with van der Waals surface area (Å²) >= 11 is 0. The molecule has 4 nitrogen and oxygen atoms in total. The number of nitrogens with zero attached hydrogens (tertiary/aromatic N) is 1. The Morgan fingerprint density at radius 3 is 2.46 bits per heavy atom. The predicted molar refractivity (Wildman–Crippen MR) is 94.6 cm³/mol. The van der Waals surface area contributed by atoms with Gasteiger partial charge in [0.1, 0.15) is 6.04 Å². The van der Waals surface area contributed by atoms with Crippen molar-refractivity contribution in [3.63, 3.8) is 0 Å². The molecule has 130 valence electrons. The van der Waals surface area contributed by atoms with Crippen molar-refractivity contribution in [3.05, 3.63) is 35.4 Å². The van der Waals surface area contributed by atoms with Crippen LogP contribution < -0.4 is 5.32 Å². The molecule has 3 atom stereocenters. The molecule has 2 aliphatic rings. The van der Waals surface area contributed by atoms with Gasteiger partial charge in [-0.15, -0.1) is 0 Å². The molecule has 3 rings (SSSR count). The van der Waals surface area contributed by atoms with E-state index in [9.17, 15) is 9.59 Å². The third-order valence-corrected chi connectivity index (χ3v) is 5.36. The minimum absolute atomic E-state index is 0.0127. The molecular formula is C20H28N2O2. The molecule has 1 N–H and O–H groups in total. The summed E-state index contributed by atoms with van der Waals surface area (Å²) in [5.74, 6) is 0.552. The van der Waals surface area contributed by atoms with Gasteiger partial charge < -0.3 is 10.2 Å². The van der Waals surface area contributed by atoms with E-state index in [0.29, 0.717) is 5.92 Å². The number of nitrogens with one attached hydrogen (secondary N) is 1. The Morgan fingerprint density at radius 2 is 1.83 bits per heavy atom. The molecule has 4 heteroatoms. The van der Waals surface area contributed by atoms with Crippen molar-refractivity contribution in [3.8, 4) is 0 Å². The van der Waals surface area contributed by atoms with Crippen molar-refractivity contribution in [2.45, 2.75) is 52.0 Å². The van der Waals surface area contributed by atoms with Gasteiger partial charge in [-0.2, -0.15) is 0 Å². The molecule has 0 aromatic heterocycles. The molecule has 0 spiro atoms. The Bertz CT molecular complexity index is 620. The van der Waals surface area contributed by atoms with Crippen LogP contribution in [0.1, 0.15) is 50.2 Å². The summed E-state index contributed by atoms with van der Waals surface area (Å²) in [5.41, 5.74) is 2.51. The van der Waals surface area contributed by atoms with E-state index in [2.05, 4.69) is 24.4 Å². The van der Waals surface area contributed by atoms with Crippen LogP contribution in [0.2, 0.25) is 0 Å². The Labute approximate surface area is 144 Å². The van der Waals surface area contributed by atoms with Crippen LogP contribution in [0.3, 0.4) is 0 Å². The van der Waals surface area contributed by atoms with Crippen molar-refractivity contribution in [2.24, 2.45) is 11.8 Å². The lowest BCUT2D eigenvalue weighted by atomic mass is 10.0. The molecule has 0 bridgehead atoms. The first-order valence-corrected chi connectivity index (χ1v) is 9.13. The van der Waals surface area contributed by atoms with Crippen LogP contribution in [0.4, 0.5) is 0 Å². The number of rotatable bonds is 5. The zero-order valence-corrected chi connectivity index (χ0v) is 14.9.